The van der Waals surface area contributed by atoms with Gasteiger partial charge in [-0.25, -0.2) is 0 Å². The summed E-state index contributed by atoms with van der Waals surface area (Å²) in [4.78, 5) is 0. The van der Waals surface area contributed by atoms with Gasteiger partial charge in [0.25, 0.3) is 0 Å². The van der Waals surface area contributed by atoms with Crippen LogP contribution in [0.15, 0.2) is 24.3 Å². The van der Waals surface area contributed by atoms with Crippen molar-refractivity contribution >= 4 is 5.69 Å². The molecule has 0 heterocycles. The minimum Gasteiger partial charge on any atom is -0.394 e. The molecule has 0 aliphatic rings. The maximum atomic E-state index is 12.7. The van der Waals surface area contributed by atoms with Crippen LogP contribution in [0.1, 0.15) is 12.0 Å². The predicted molar refractivity (Wildman–Crippen MR) is 62.4 cm³/mol. The first-order valence-corrected chi connectivity index (χ1v) is 5.51. The Morgan fingerprint density at radius 2 is 2.00 bits per heavy atom. The summed E-state index contributed by atoms with van der Waals surface area (Å²) < 4.78 is 43.0. The van der Waals surface area contributed by atoms with Crippen molar-refractivity contribution in [3.8, 4) is 0 Å². The molecule has 0 radical (unpaired) electrons. The van der Waals surface area contributed by atoms with Gasteiger partial charge in [0.2, 0.25) is 0 Å². The maximum absolute atomic E-state index is 12.7. The minimum absolute atomic E-state index is 0.0276. The number of anilines is 1. The fourth-order valence-corrected chi connectivity index (χ4v) is 1.55. The Balaban J connectivity index is 2.82. The van der Waals surface area contributed by atoms with Crippen LogP contribution >= 0.6 is 0 Å². The predicted octanol–water partition coefficient (Wildman–Crippen LogP) is 2.51. The molecule has 1 atom stereocenters. The Bertz CT molecular complexity index is 369. The molecule has 0 bridgehead atoms. The fourth-order valence-electron chi connectivity index (χ4n) is 1.55. The first-order valence-electron chi connectivity index (χ1n) is 5.51. The van der Waals surface area contributed by atoms with Crippen molar-refractivity contribution in [2.75, 3.05) is 25.6 Å². The van der Waals surface area contributed by atoms with Crippen molar-refractivity contribution in [1.82, 2.24) is 0 Å². The van der Waals surface area contributed by atoms with E-state index in [1.165, 1.54) is 25.3 Å². The molecule has 1 rings (SSSR count). The van der Waals surface area contributed by atoms with Crippen LogP contribution in [0, 0.1) is 0 Å². The van der Waals surface area contributed by atoms with Crippen LogP contribution in [0.4, 0.5) is 18.9 Å². The number of aliphatic hydroxyl groups excluding tert-OH is 1. The normalized spacial score (nSPS) is 13.4. The van der Waals surface area contributed by atoms with Crippen molar-refractivity contribution in [2.45, 2.75) is 18.6 Å². The van der Waals surface area contributed by atoms with Crippen LogP contribution in [0.5, 0.6) is 0 Å². The standard InChI is InChI=1S/C12H16F3NO2/c1-18-7-6-9(8-17)16-11-5-3-2-4-10(11)12(13,14)15/h2-5,9,16-17H,6-8H2,1H3. The topological polar surface area (TPSA) is 41.5 Å². The van der Waals surface area contributed by atoms with Gasteiger partial charge in [-0.3, -0.25) is 0 Å². The smallest absolute Gasteiger partial charge is 0.394 e. The molecule has 2 N–H and O–H groups in total. The van der Waals surface area contributed by atoms with Crippen molar-refractivity contribution < 1.29 is 23.0 Å². The highest BCUT2D eigenvalue weighted by Gasteiger charge is 2.33. The van der Waals surface area contributed by atoms with Gasteiger partial charge in [0.15, 0.2) is 0 Å². The third kappa shape index (κ3) is 4.19. The van der Waals surface area contributed by atoms with Crippen LogP contribution in [0.2, 0.25) is 0 Å². The third-order valence-corrected chi connectivity index (χ3v) is 2.48. The first-order chi connectivity index (χ1) is 8.49. The van der Waals surface area contributed by atoms with E-state index in [2.05, 4.69) is 5.32 Å². The van der Waals surface area contributed by atoms with E-state index in [9.17, 15) is 13.2 Å². The van der Waals surface area contributed by atoms with E-state index in [-0.39, 0.29) is 12.3 Å². The summed E-state index contributed by atoms with van der Waals surface area (Å²) in [6.45, 7) is 0.113. The van der Waals surface area contributed by atoms with E-state index in [0.29, 0.717) is 13.0 Å². The van der Waals surface area contributed by atoms with E-state index in [1.807, 2.05) is 0 Å². The Labute approximate surface area is 104 Å². The van der Waals surface area contributed by atoms with Gasteiger partial charge in [-0.15, -0.1) is 0 Å². The van der Waals surface area contributed by atoms with Gasteiger partial charge in [-0.2, -0.15) is 13.2 Å². The quantitative estimate of drug-likeness (QED) is 0.828. The summed E-state index contributed by atoms with van der Waals surface area (Å²) in [5.74, 6) is 0. The highest BCUT2D eigenvalue weighted by Crippen LogP contribution is 2.34. The molecule has 102 valence electrons. The zero-order chi connectivity index (χ0) is 13.6. The maximum Gasteiger partial charge on any atom is 0.418 e. The summed E-state index contributed by atoms with van der Waals surface area (Å²) in [7, 11) is 1.50. The number of aliphatic hydroxyl groups is 1. The molecule has 0 spiro atoms. The lowest BCUT2D eigenvalue weighted by atomic mass is 10.1. The lowest BCUT2D eigenvalue weighted by Crippen LogP contribution is -2.26. The van der Waals surface area contributed by atoms with Crippen molar-refractivity contribution in [3.63, 3.8) is 0 Å². The van der Waals surface area contributed by atoms with Crippen LogP contribution in [-0.4, -0.2) is 31.5 Å². The largest absolute Gasteiger partial charge is 0.418 e. The van der Waals surface area contributed by atoms with Gasteiger partial charge in [-0.1, -0.05) is 12.1 Å². The monoisotopic (exact) mass is 263 g/mol. The molecule has 1 aromatic carbocycles. The third-order valence-electron chi connectivity index (χ3n) is 2.48. The number of hydrogen-bond acceptors (Lipinski definition) is 3. The van der Waals surface area contributed by atoms with Crippen LogP contribution in [-0.2, 0) is 10.9 Å². The molecule has 6 heteroatoms. The van der Waals surface area contributed by atoms with Crippen LogP contribution in [0.25, 0.3) is 0 Å². The molecule has 0 aromatic heterocycles. The second-order valence-corrected chi connectivity index (χ2v) is 3.85. The van der Waals surface area contributed by atoms with Gasteiger partial charge < -0.3 is 15.2 Å². The summed E-state index contributed by atoms with van der Waals surface area (Å²) in [5, 5.41) is 11.8. The summed E-state index contributed by atoms with van der Waals surface area (Å²) in [6.07, 6.45) is -3.98. The molecule has 0 fully saturated rings. The molecule has 0 aliphatic heterocycles. The van der Waals surface area contributed by atoms with Gasteiger partial charge in [0, 0.05) is 19.4 Å². The summed E-state index contributed by atoms with van der Waals surface area (Å²) in [6, 6.07) is 4.73. The number of hydrogen-bond donors (Lipinski definition) is 2. The SMILES string of the molecule is COCCC(CO)Nc1ccccc1C(F)(F)F. The first kappa shape index (κ1) is 14.8. The van der Waals surface area contributed by atoms with Crippen molar-refractivity contribution in [3.05, 3.63) is 29.8 Å². The molecule has 3 nitrogen and oxygen atoms in total. The Morgan fingerprint density at radius 1 is 1.33 bits per heavy atom. The molecule has 18 heavy (non-hydrogen) atoms. The second kappa shape index (κ2) is 6.61. The van der Waals surface area contributed by atoms with Crippen LogP contribution in [0.3, 0.4) is 0 Å². The number of para-hydroxylation sites is 1. The molecule has 0 amide bonds. The summed E-state index contributed by atoms with van der Waals surface area (Å²) in [5.41, 5.74) is -0.763. The van der Waals surface area contributed by atoms with E-state index in [1.54, 1.807) is 0 Å². The van der Waals surface area contributed by atoms with Crippen molar-refractivity contribution in [2.24, 2.45) is 0 Å². The Kier molecular flexibility index (Phi) is 5.43. The van der Waals surface area contributed by atoms with Gasteiger partial charge >= 0.3 is 6.18 Å². The lowest BCUT2D eigenvalue weighted by Gasteiger charge is -2.20. The zero-order valence-electron chi connectivity index (χ0n) is 10.00. The lowest BCUT2D eigenvalue weighted by molar-refractivity contribution is -0.137. The number of alkyl halides is 3. The van der Waals surface area contributed by atoms with Gasteiger partial charge in [-0.05, 0) is 18.6 Å². The number of nitrogens with one attached hydrogen (secondary N) is 1. The summed E-state index contributed by atoms with van der Waals surface area (Å²) >= 11 is 0. The number of methoxy groups -OCH3 is 1. The average molecular weight is 263 g/mol. The molecule has 0 aliphatic carbocycles. The van der Waals surface area contributed by atoms with E-state index in [0.717, 1.165) is 6.07 Å². The highest BCUT2D eigenvalue weighted by atomic mass is 19.4. The van der Waals surface area contributed by atoms with Gasteiger partial charge in [0.05, 0.1) is 18.2 Å². The average Bonchev–Trinajstić information content (AvgIpc) is 2.33. The minimum atomic E-state index is -4.41. The van der Waals surface area contributed by atoms with Crippen LogP contribution < -0.4 is 5.32 Å². The van der Waals surface area contributed by atoms with E-state index < -0.39 is 17.8 Å². The number of benzene rings is 1. The second-order valence-electron chi connectivity index (χ2n) is 3.85. The molecular formula is C12H16F3NO2. The fraction of sp³-hybridized carbons (Fsp3) is 0.500. The van der Waals surface area contributed by atoms with E-state index in [4.69, 9.17) is 9.84 Å². The van der Waals surface area contributed by atoms with Gasteiger partial charge in [0.1, 0.15) is 0 Å². The molecule has 1 unspecified atom stereocenters. The molecule has 0 saturated heterocycles. The Hall–Kier alpha value is -1.27. The Morgan fingerprint density at radius 3 is 2.56 bits per heavy atom. The number of rotatable bonds is 6. The van der Waals surface area contributed by atoms with E-state index >= 15 is 0 Å². The number of ether oxygens (including phenoxy) is 1. The molecule has 1 aromatic rings. The van der Waals surface area contributed by atoms with Crippen molar-refractivity contribution in [1.29, 1.82) is 0 Å². The molecular weight excluding hydrogens is 247 g/mol. The zero-order valence-corrected chi connectivity index (χ0v) is 10.00. The molecule has 0 saturated carbocycles. The number of halogens is 3. The highest BCUT2D eigenvalue weighted by molar-refractivity contribution is 5.53.